The zero-order valence-corrected chi connectivity index (χ0v) is 12.6. The van der Waals surface area contributed by atoms with Gasteiger partial charge in [0.05, 0.1) is 0 Å². The molecule has 1 saturated carbocycles. The molecular weight excluding hydrogens is 204 g/mol. The lowest BCUT2D eigenvalue weighted by atomic mass is 9.77. The molecule has 1 aliphatic carbocycles. The predicted octanol–water partition coefficient (Wildman–Crippen LogP) is 6.01. The fourth-order valence-electron chi connectivity index (χ4n) is 3.83. The zero-order chi connectivity index (χ0) is 12.7. The van der Waals surface area contributed by atoms with E-state index in [1.807, 2.05) is 0 Å². The maximum absolute atomic E-state index is 2.42. The summed E-state index contributed by atoms with van der Waals surface area (Å²) in [5.41, 5.74) is 0. The van der Waals surface area contributed by atoms with Gasteiger partial charge < -0.3 is 5.92 Å². The van der Waals surface area contributed by atoms with Crippen LogP contribution in [0.25, 0.3) is 0 Å². The molecule has 0 nitrogen and oxygen atoms in total. The molecule has 3 atom stereocenters. The van der Waals surface area contributed by atoms with Gasteiger partial charge in [-0.15, -0.1) is 0 Å². The van der Waals surface area contributed by atoms with E-state index >= 15 is 0 Å². The summed E-state index contributed by atoms with van der Waals surface area (Å²) < 4.78 is 0. The van der Waals surface area contributed by atoms with E-state index < -0.39 is 0 Å². The van der Waals surface area contributed by atoms with Crippen LogP contribution in [0.5, 0.6) is 0 Å². The molecule has 0 saturated heterocycles. The van der Waals surface area contributed by atoms with E-state index in [4.69, 9.17) is 0 Å². The molecule has 1 aliphatic rings. The standard InChI is InChI=1S/C17H33/c1-5-9-14(4)17-12-8-11-16(10-6-2)15(7-3)13-17/h15-17H,5-13H2,1-4H3/q-1. The molecule has 0 N–H and O–H groups in total. The van der Waals surface area contributed by atoms with Crippen LogP contribution >= 0.6 is 0 Å². The minimum absolute atomic E-state index is 0.946. The van der Waals surface area contributed by atoms with Crippen molar-refractivity contribution in [1.29, 1.82) is 0 Å². The van der Waals surface area contributed by atoms with Gasteiger partial charge >= 0.3 is 0 Å². The maximum atomic E-state index is 2.42. The Balaban J connectivity index is 2.55. The second kappa shape index (κ2) is 8.16. The summed E-state index contributed by atoms with van der Waals surface area (Å²) in [4.78, 5) is 0. The Morgan fingerprint density at radius 3 is 2.35 bits per heavy atom. The summed E-state index contributed by atoms with van der Waals surface area (Å²) in [6.45, 7) is 9.49. The van der Waals surface area contributed by atoms with Gasteiger partial charge in [-0.25, -0.2) is 0 Å². The first-order valence-corrected chi connectivity index (χ1v) is 8.05. The first kappa shape index (κ1) is 15.1. The summed E-state index contributed by atoms with van der Waals surface area (Å²) in [6.07, 6.45) is 12.9. The van der Waals surface area contributed by atoms with Crippen LogP contribution in [0.1, 0.15) is 85.5 Å². The van der Waals surface area contributed by atoms with E-state index in [0.717, 1.165) is 17.8 Å². The molecular formula is C17H33-. The third kappa shape index (κ3) is 4.64. The van der Waals surface area contributed by atoms with Crippen molar-refractivity contribution in [1.82, 2.24) is 0 Å². The lowest BCUT2D eigenvalue weighted by Crippen LogP contribution is -2.17. The third-order valence-electron chi connectivity index (χ3n) is 4.91. The van der Waals surface area contributed by atoms with E-state index in [1.54, 1.807) is 5.92 Å². The molecule has 0 aliphatic heterocycles. The van der Waals surface area contributed by atoms with Gasteiger partial charge in [-0.1, -0.05) is 72.1 Å². The third-order valence-corrected chi connectivity index (χ3v) is 4.91. The number of hydrogen-bond acceptors (Lipinski definition) is 0. The van der Waals surface area contributed by atoms with Gasteiger partial charge in [-0.05, 0) is 11.8 Å². The van der Waals surface area contributed by atoms with Gasteiger partial charge in [0.1, 0.15) is 0 Å². The van der Waals surface area contributed by atoms with Gasteiger partial charge in [0.15, 0.2) is 0 Å². The first-order valence-electron chi connectivity index (χ1n) is 8.05. The van der Waals surface area contributed by atoms with Gasteiger partial charge in [-0.2, -0.15) is 19.3 Å². The number of rotatable bonds is 6. The van der Waals surface area contributed by atoms with E-state index in [0.29, 0.717) is 0 Å². The van der Waals surface area contributed by atoms with Crippen LogP contribution in [0.2, 0.25) is 0 Å². The van der Waals surface area contributed by atoms with Crippen LogP contribution in [0.15, 0.2) is 0 Å². The highest BCUT2D eigenvalue weighted by Gasteiger charge is 2.24. The molecule has 0 radical (unpaired) electrons. The molecule has 102 valence electrons. The van der Waals surface area contributed by atoms with Crippen molar-refractivity contribution in [3.8, 4) is 0 Å². The minimum atomic E-state index is 0.946. The highest BCUT2D eigenvalue weighted by Crippen LogP contribution is 2.40. The fourth-order valence-corrected chi connectivity index (χ4v) is 3.83. The van der Waals surface area contributed by atoms with Crippen LogP contribution in [0.3, 0.4) is 0 Å². The predicted molar refractivity (Wildman–Crippen MR) is 78.0 cm³/mol. The summed E-state index contributed by atoms with van der Waals surface area (Å²) in [6, 6.07) is 0. The van der Waals surface area contributed by atoms with Gasteiger partial charge in [0, 0.05) is 0 Å². The van der Waals surface area contributed by atoms with E-state index in [2.05, 4.69) is 27.7 Å². The molecule has 0 heteroatoms. The Kier molecular flexibility index (Phi) is 7.23. The molecule has 0 heterocycles. The molecule has 0 aromatic rings. The van der Waals surface area contributed by atoms with Crippen LogP contribution in [0, 0.1) is 23.7 Å². The fraction of sp³-hybridized carbons (Fsp3) is 0.941. The van der Waals surface area contributed by atoms with Gasteiger partial charge in [0.25, 0.3) is 0 Å². The van der Waals surface area contributed by atoms with Gasteiger partial charge in [-0.3, -0.25) is 0 Å². The van der Waals surface area contributed by atoms with Crippen molar-refractivity contribution < 1.29 is 0 Å². The summed E-state index contributed by atoms with van der Waals surface area (Å²) in [5.74, 6) is 4.78. The molecule has 1 fully saturated rings. The Hall–Kier alpha value is 0. The van der Waals surface area contributed by atoms with E-state index in [9.17, 15) is 0 Å². The van der Waals surface area contributed by atoms with Crippen molar-refractivity contribution in [2.75, 3.05) is 0 Å². The molecule has 0 aromatic heterocycles. The Morgan fingerprint density at radius 2 is 1.76 bits per heavy atom. The van der Waals surface area contributed by atoms with Crippen molar-refractivity contribution in [2.24, 2.45) is 17.8 Å². The highest BCUT2D eigenvalue weighted by molar-refractivity contribution is 4.94. The summed E-state index contributed by atoms with van der Waals surface area (Å²) in [7, 11) is 0. The second-order valence-corrected chi connectivity index (χ2v) is 6.18. The molecule has 17 heavy (non-hydrogen) atoms. The molecule has 1 rings (SSSR count). The highest BCUT2D eigenvalue weighted by atomic mass is 14.3. The van der Waals surface area contributed by atoms with E-state index in [1.165, 1.54) is 57.8 Å². The summed E-state index contributed by atoms with van der Waals surface area (Å²) >= 11 is 0. The first-order chi connectivity index (χ1) is 8.22. The van der Waals surface area contributed by atoms with Crippen LogP contribution in [-0.4, -0.2) is 0 Å². The van der Waals surface area contributed by atoms with Crippen LogP contribution in [-0.2, 0) is 0 Å². The second-order valence-electron chi connectivity index (χ2n) is 6.18. The molecule has 0 bridgehead atoms. The normalized spacial score (nSPS) is 30.5. The Bertz CT molecular complexity index is 184. The topological polar surface area (TPSA) is 0 Å². The monoisotopic (exact) mass is 237 g/mol. The average molecular weight is 237 g/mol. The smallest absolute Gasteiger partial charge is 0.0387 e. The van der Waals surface area contributed by atoms with Gasteiger partial charge in [0.2, 0.25) is 0 Å². The molecule has 0 aromatic carbocycles. The van der Waals surface area contributed by atoms with Crippen molar-refractivity contribution in [2.45, 2.75) is 85.5 Å². The molecule has 0 amide bonds. The Labute approximate surface area is 110 Å². The summed E-state index contributed by atoms with van der Waals surface area (Å²) in [5, 5.41) is 0. The lowest BCUT2D eigenvalue weighted by molar-refractivity contribution is 0.264. The van der Waals surface area contributed by atoms with Crippen molar-refractivity contribution >= 4 is 0 Å². The van der Waals surface area contributed by atoms with Crippen molar-refractivity contribution in [3.63, 3.8) is 0 Å². The van der Waals surface area contributed by atoms with Crippen molar-refractivity contribution in [3.05, 3.63) is 5.92 Å². The SMILES string of the molecule is CCC[C-](C)C1CCCC(CCC)C(CC)C1. The largest absolute Gasteiger partial charge is 0.314 e. The van der Waals surface area contributed by atoms with E-state index in [-0.39, 0.29) is 0 Å². The maximum Gasteiger partial charge on any atom is -0.0387 e. The lowest BCUT2D eigenvalue weighted by Gasteiger charge is -2.37. The zero-order valence-electron chi connectivity index (χ0n) is 12.6. The number of hydrogen-bond donors (Lipinski definition) is 0. The quantitative estimate of drug-likeness (QED) is 0.392. The molecule has 3 unspecified atom stereocenters. The van der Waals surface area contributed by atoms with Crippen LogP contribution < -0.4 is 0 Å². The Morgan fingerprint density at radius 1 is 1.00 bits per heavy atom. The molecule has 0 spiro atoms. The average Bonchev–Trinajstić information content (AvgIpc) is 2.52. The minimum Gasteiger partial charge on any atom is -0.314 e. The van der Waals surface area contributed by atoms with Crippen LogP contribution in [0.4, 0.5) is 0 Å².